The summed E-state index contributed by atoms with van der Waals surface area (Å²) >= 11 is 0. The third-order valence-electron chi connectivity index (χ3n) is 3.77. The van der Waals surface area contributed by atoms with Crippen LogP contribution in [-0.4, -0.2) is 43.2 Å². The first-order chi connectivity index (χ1) is 10.0. The van der Waals surface area contributed by atoms with Crippen molar-refractivity contribution in [3.05, 3.63) is 35.9 Å². The summed E-state index contributed by atoms with van der Waals surface area (Å²) in [5.74, 6) is 0.666. The van der Waals surface area contributed by atoms with Gasteiger partial charge in [-0.05, 0) is 57.9 Å². The molecule has 1 rings (SSSR count). The minimum Gasteiger partial charge on any atom is -0.387 e. The summed E-state index contributed by atoms with van der Waals surface area (Å²) in [5.41, 5.74) is 1.01. The Balaban J connectivity index is 0. The van der Waals surface area contributed by atoms with Gasteiger partial charge in [0.05, 0.1) is 6.10 Å². The van der Waals surface area contributed by atoms with E-state index in [1.165, 1.54) is 0 Å². The Morgan fingerprint density at radius 1 is 1.04 bits per heavy atom. The van der Waals surface area contributed by atoms with Crippen LogP contribution < -0.4 is 5.32 Å². The fraction of sp³-hybridized carbons (Fsp3) is 0.667. The van der Waals surface area contributed by atoms with Gasteiger partial charge in [0.2, 0.25) is 0 Å². The number of hydrogen-bond acceptors (Lipinski definition) is 3. The Morgan fingerprint density at radius 2 is 1.65 bits per heavy atom. The largest absolute Gasteiger partial charge is 0.387 e. The van der Waals surface area contributed by atoms with E-state index in [4.69, 9.17) is 0 Å². The van der Waals surface area contributed by atoms with Crippen molar-refractivity contribution in [1.82, 2.24) is 10.2 Å². The van der Waals surface area contributed by atoms with Crippen molar-refractivity contribution >= 4 is 24.8 Å². The highest BCUT2D eigenvalue weighted by molar-refractivity contribution is 5.85. The molecule has 2 N–H and O–H groups in total. The van der Waals surface area contributed by atoms with Gasteiger partial charge in [-0.2, -0.15) is 0 Å². The minimum absolute atomic E-state index is 0. The Labute approximate surface area is 154 Å². The van der Waals surface area contributed by atoms with Crippen molar-refractivity contribution in [2.24, 2.45) is 5.92 Å². The van der Waals surface area contributed by atoms with E-state index >= 15 is 0 Å². The molecular weight excluding hydrogens is 331 g/mol. The lowest BCUT2D eigenvalue weighted by atomic mass is 9.95. The van der Waals surface area contributed by atoms with Crippen LogP contribution in [-0.2, 0) is 0 Å². The van der Waals surface area contributed by atoms with E-state index in [0.29, 0.717) is 5.92 Å². The smallest absolute Gasteiger partial charge is 0.0942 e. The van der Waals surface area contributed by atoms with Crippen molar-refractivity contribution in [2.75, 3.05) is 27.2 Å². The molecule has 1 aromatic carbocycles. The highest BCUT2D eigenvalue weighted by Gasteiger charge is 2.20. The zero-order valence-corrected chi connectivity index (χ0v) is 16.5. The first kappa shape index (κ1) is 24.9. The van der Waals surface area contributed by atoms with Gasteiger partial charge >= 0.3 is 0 Å². The molecule has 0 saturated carbocycles. The molecule has 0 amide bonds. The van der Waals surface area contributed by atoms with Crippen LogP contribution in [0.2, 0.25) is 0 Å². The second kappa shape index (κ2) is 14.1. The zero-order valence-electron chi connectivity index (χ0n) is 14.9. The Kier molecular flexibility index (Phi) is 15.2. The number of hydrogen-bond donors (Lipinski definition) is 2. The first-order valence-corrected chi connectivity index (χ1v) is 8.11. The maximum atomic E-state index is 10.6. The van der Waals surface area contributed by atoms with Gasteiger partial charge in [-0.3, -0.25) is 0 Å². The van der Waals surface area contributed by atoms with Gasteiger partial charge in [0.1, 0.15) is 0 Å². The Bertz CT molecular complexity index is 375. The molecule has 0 aliphatic rings. The number of benzene rings is 1. The highest BCUT2D eigenvalue weighted by atomic mass is 35.5. The van der Waals surface area contributed by atoms with Crippen molar-refractivity contribution in [3.63, 3.8) is 0 Å². The standard InChI is InChI=1S/C18H32N2O.2ClH/c1-15(2)11-12-17(19-13-8-14-20(3)4)18(21)16-9-6-5-7-10-16;;/h5-7,9-10,15,17-19,21H,8,11-14H2,1-4H3;2*1H. The SMILES string of the molecule is CC(C)CCC(NCCCN(C)C)C(O)c1ccccc1.Cl.Cl. The van der Waals surface area contributed by atoms with Crippen LogP contribution in [0.5, 0.6) is 0 Å². The van der Waals surface area contributed by atoms with E-state index in [-0.39, 0.29) is 30.9 Å². The minimum atomic E-state index is -0.427. The zero-order chi connectivity index (χ0) is 15.7. The fourth-order valence-corrected chi connectivity index (χ4v) is 2.45. The molecule has 23 heavy (non-hydrogen) atoms. The van der Waals surface area contributed by atoms with Crippen LogP contribution in [0.4, 0.5) is 0 Å². The van der Waals surface area contributed by atoms with E-state index in [1.807, 2.05) is 30.3 Å². The predicted octanol–water partition coefficient (Wildman–Crippen LogP) is 3.91. The molecule has 0 fully saturated rings. The summed E-state index contributed by atoms with van der Waals surface area (Å²) in [5, 5.41) is 14.2. The predicted molar refractivity (Wildman–Crippen MR) is 105 cm³/mol. The Morgan fingerprint density at radius 3 is 2.17 bits per heavy atom. The fourth-order valence-electron chi connectivity index (χ4n) is 2.45. The maximum Gasteiger partial charge on any atom is 0.0942 e. The summed E-state index contributed by atoms with van der Waals surface area (Å²) in [7, 11) is 4.18. The van der Waals surface area contributed by atoms with Crippen molar-refractivity contribution in [1.29, 1.82) is 0 Å². The van der Waals surface area contributed by atoms with Crippen molar-refractivity contribution in [2.45, 2.75) is 45.3 Å². The molecule has 3 nitrogen and oxygen atoms in total. The maximum absolute atomic E-state index is 10.6. The number of aliphatic hydroxyl groups is 1. The molecule has 1 aromatic rings. The summed E-state index contributed by atoms with van der Waals surface area (Å²) in [6.07, 6.45) is 2.82. The van der Waals surface area contributed by atoms with Crippen LogP contribution in [0.25, 0.3) is 0 Å². The van der Waals surface area contributed by atoms with Crippen molar-refractivity contribution in [3.8, 4) is 0 Å². The molecule has 0 aliphatic carbocycles. The molecule has 0 aromatic heterocycles. The third kappa shape index (κ3) is 11.0. The van der Waals surface area contributed by atoms with Gasteiger partial charge in [0.25, 0.3) is 0 Å². The molecule has 0 saturated heterocycles. The van der Waals surface area contributed by atoms with Crippen LogP contribution in [0.3, 0.4) is 0 Å². The molecule has 136 valence electrons. The average Bonchev–Trinajstić information content (AvgIpc) is 2.46. The van der Waals surface area contributed by atoms with Gasteiger partial charge in [-0.25, -0.2) is 0 Å². The summed E-state index contributed by atoms with van der Waals surface area (Å²) in [4.78, 5) is 2.19. The first-order valence-electron chi connectivity index (χ1n) is 8.11. The number of aliphatic hydroxyl groups excluding tert-OH is 1. The quantitative estimate of drug-likeness (QED) is 0.617. The Hall–Kier alpha value is -0.320. The molecule has 0 spiro atoms. The monoisotopic (exact) mass is 364 g/mol. The summed E-state index contributed by atoms with van der Waals surface area (Å²) in [6.45, 7) is 6.49. The van der Waals surface area contributed by atoms with Crippen molar-refractivity contribution < 1.29 is 5.11 Å². The summed E-state index contributed by atoms with van der Waals surface area (Å²) < 4.78 is 0. The molecule has 2 unspecified atom stereocenters. The van der Waals surface area contributed by atoms with Gasteiger partial charge in [0, 0.05) is 6.04 Å². The van der Waals surface area contributed by atoms with Gasteiger partial charge < -0.3 is 15.3 Å². The molecule has 0 bridgehead atoms. The van der Waals surface area contributed by atoms with Gasteiger partial charge in [0.15, 0.2) is 0 Å². The van der Waals surface area contributed by atoms with E-state index in [1.54, 1.807) is 0 Å². The normalized spacial score (nSPS) is 13.3. The molecule has 0 aliphatic heterocycles. The highest BCUT2D eigenvalue weighted by Crippen LogP contribution is 2.21. The number of nitrogens with one attached hydrogen (secondary N) is 1. The molecule has 2 atom stereocenters. The number of nitrogens with zero attached hydrogens (tertiary/aromatic N) is 1. The lowest BCUT2D eigenvalue weighted by molar-refractivity contribution is 0.120. The van der Waals surface area contributed by atoms with Crippen LogP contribution in [0.1, 0.15) is 44.8 Å². The molecule has 0 radical (unpaired) electrons. The lowest BCUT2D eigenvalue weighted by Crippen LogP contribution is -2.36. The summed E-state index contributed by atoms with van der Waals surface area (Å²) in [6, 6.07) is 10.1. The topological polar surface area (TPSA) is 35.5 Å². The van der Waals surface area contributed by atoms with Crippen LogP contribution >= 0.6 is 24.8 Å². The second-order valence-corrected chi connectivity index (χ2v) is 6.54. The van der Waals surface area contributed by atoms with Crippen LogP contribution in [0, 0.1) is 5.92 Å². The molecular formula is C18H34Cl2N2O. The van der Waals surface area contributed by atoms with E-state index in [0.717, 1.165) is 37.9 Å². The molecule has 0 heterocycles. The van der Waals surface area contributed by atoms with Crippen LogP contribution in [0.15, 0.2) is 30.3 Å². The lowest BCUT2D eigenvalue weighted by Gasteiger charge is -2.26. The number of halogens is 2. The second-order valence-electron chi connectivity index (χ2n) is 6.54. The van der Waals surface area contributed by atoms with Gasteiger partial charge in [-0.1, -0.05) is 44.2 Å². The van der Waals surface area contributed by atoms with Gasteiger partial charge in [-0.15, -0.1) is 24.8 Å². The molecule has 5 heteroatoms. The average molecular weight is 365 g/mol. The third-order valence-corrected chi connectivity index (χ3v) is 3.77. The van der Waals surface area contributed by atoms with E-state index in [2.05, 4.69) is 38.2 Å². The van der Waals surface area contributed by atoms with E-state index in [9.17, 15) is 5.11 Å². The number of rotatable bonds is 10. The van der Waals surface area contributed by atoms with E-state index < -0.39 is 6.10 Å².